The van der Waals surface area contributed by atoms with Gasteiger partial charge in [0.05, 0.1) is 12.5 Å². The number of carbonyl (C=O) groups excluding carboxylic acids is 2. The third-order valence-corrected chi connectivity index (χ3v) is 5.22. The molecule has 6 heteroatoms. The molecule has 2 aromatic rings. The predicted molar refractivity (Wildman–Crippen MR) is 104 cm³/mol. The minimum Gasteiger partial charge on any atom is -0.497 e. The van der Waals surface area contributed by atoms with Crippen LogP contribution in [-0.2, 0) is 11.3 Å². The molecule has 0 saturated carbocycles. The van der Waals surface area contributed by atoms with E-state index in [4.69, 9.17) is 4.74 Å². The van der Waals surface area contributed by atoms with Gasteiger partial charge in [-0.3, -0.25) is 9.59 Å². The Morgan fingerprint density at radius 2 is 1.96 bits per heavy atom. The second-order valence-electron chi connectivity index (χ2n) is 7.43. The molecule has 1 N–H and O–H groups in total. The van der Waals surface area contributed by atoms with Crippen molar-refractivity contribution in [3.05, 3.63) is 65.5 Å². The molecule has 0 aromatic heterocycles. The number of rotatable bonds is 5. The van der Waals surface area contributed by atoms with Gasteiger partial charge in [-0.2, -0.15) is 0 Å². The van der Waals surface area contributed by atoms with Gasteiger partial charge in [-0.15, -0.1) is 0 Å². The molecule has 1 aliphatic heterocycles. The van der Waals surface area contributed by atoms with Crippen molar-refractivity contribution < 1.29 is 18.7 Å². The maximum absolute atomic E-state index is 13.4. The molecule has 1 fully saturated rings. The van der Waals surface area contributed by atoms with E-state index in [0.29, 0.717) is 31.6 Å². The number of hydrogen-bond donors (Lipinski definition) is 1. The van der Waals surface area contributed by atoms with Crippen LogP contribution in [0.2, 0.25) is 0 Å². The number of methoxy groups -OCH3 is 1. The summed E-state index contributed by atoms with van der Waals surface area (Å²) in [6.07, 6.45) is 1.43. The fourth-order valence-electron chi connectivity index (χ4n) is 3.54. The van der Waals surface area contributed by atoms with Crippen LogP contribution in [0.3, 0.4) is 0 Å². The SMILES string of the molecule is COc1ccc(CNC(=O)[C@]2(C)CCCN(C(=O)c3cccc(F)c3)C2)cc1. The van der Waals surface area contributed by atoms with Crippen molar-refractivity contribution in [2.24, 2.45) is 5.41 Å². The van der Waals surface area contributed by atoms with Gasteiger partial charge < -0.3 is 15.0 Å². The van der Waals surface area contributed by atoms with Gasteiger partial charge in [0, 0.05) is 25.2 Å². The molecule has 3 rings (SSSR count). The summed E-state index contributed by atoms with van der Waals surface area (Å²) in [7, 11) is 1.61. The summed E-state index contributed by atoms with van der Waals surface area (Å²) in [5.74, 6) is -0.00267. The molecule has 2 amide bonds. The monoisotopic (exact) mass is 384 g/mol. The molecule has 1 saturated heterocycles. The lowest BCUT2D eigenvalue weighted by Gasteiger charge is -2.39. The number of ether oxygens (including phenoxy) is 1. The van der Waals surface area contributed by atoms with E-state index in [9.17, 15) is 14.0 Å². The Bertz CT molecular complexity index is 853. The van der Waals surface area contributed by atoms with Gasteiger partial charge in [-0.05, 0) is 55.7 Å². The molecule has 0 radical (unpaired) electrons. The summed E-state index contributed by atoms with van der Waals surface area (Å²) in [5.41, 5.74) is 0.609. The van der Waals surface area contributed by atoms with Crippen LogP contribution >= 0.6 is 0 Å². The fourth-order valence-corrected chi connectivity index (χ4v) is 3.54. The minimum absolute atomic E-state index is 0.0833. The molecule has 2 aromatic carbocycles. The molecule has 0 unspecified atom stereocenters. The summed E-state index contributed by atoms with van der Waals surface area (Å²) >= 11 is 0. The van der Waals surface area contributed by atoms with E-state index in [1.165, 1.54) is 18.2 Å². The zero-order valence-electron chi connectivity index (χ0n) is 16.2. The molecule has 1 heterocycles. The maximum atomic E-state index is 13.4. The summed E-state index contributed by atoms with van der Waals surface area (Å²) in [6.45, 7) is 3.17. The summed E-state index contributed by atoms with van der Waals surface area (Å²) < 4.78 is 18.6. The first kappa shape index (κ1) is 19.9. The van der Waals surface area contributed by atoms with Crippen LogP contribution in [0.25, 0.3) is 0 Å². The Hall–Kier alpha value is -2.89. The van der Waals surface area contributed by atoms with Crippen LogP contribution < -0.4 is 10.1 Å². The van der Waals surface area contributed by atoms with E-state index >= 15 is 0 Å². The van der Waals surface area contributed by atoms with Gasteiger partial charge in [0.1, 0.15) is 11.6 Å². The van der Waals surface area contributed by atoms with Gasteiger partial charge in [0.2, 0.25) is 5.91 Å². The van der Waals surface area contributed by atoms with Crippen molar-refractivity contribution >= 4 is 11.8 Å². The molecule has 148 valence electrons. The van der Waals surface area contributed by atoms with Crippen molar-refractivity contribution in [3.8, 4) is 5.75 Å². The standard InChI is InChI=1S/C22H25FN2O3/c1-22(21(27)24-14-16-7-9-19(28-2)10-8-16)11-4-12-25(15-22)20(26)17-5-3-6-18(23)13-17/h3,5-10,13H,4,11-12,14-15H2,1-2H3,(H,24,27)/t22-/m1/s1. The highest BCUT2D eigenvalue weighted by Gasteiger charge is 2.39. The zero-order chi connectivity index (χ0) is 20.1. The fraction of sp³-hybridized carbons (Fsp3) is 0.364. The number of halogens is 1. The highest BCUT2D eigenvalue weighted by Crippen LogP contribution is 2.30. The van der Waals surface area contributed by atoms with Crippen LogP contribution in [0.15, 0.2) is 48.5 Å². The Morgan fingerprint density at radius 3 is 2.64 bits per heavy atom. The molecule has 0 bridgehead atoms. The van der Waals surface area contributed by atoms with E-state index in [1.807, 2.05) is 31.2 Å². The van der Waals surface area contributed by atoms with Crippen LogP contribution in [0.5, 0.6) is 5.75 Å². The first-order valence-electron chi connectivity index (χ1n) is 9.37. The number of hydrogen-bond acceptors (Lipinski definition) is 3. The Morgan fingerprint density at radius 1 is 1.21 bits per heavy atom. The minimum atomic E-state index is -0.673. The lowest BCUT2D eigenvalue weighted by molar-refractivity contribution is -0.132. The molecule has 1 atom stereocenters. The van der Waals surface area contributed by atoms with Gasteiger partial charge in [-0.1, -0.05) is 18.2 Å². The number of carbonyl (C=O) groups is 2. The largest absolute Gasteiger partial charge is 0.497 e. The quantitative estimate of drug-likeness (QED) is 0.860. The average molecular weight is 384 g/mol. The second-order valence-corrected chi connectivity index (χ2v) is 7.43. The number of nitrogens with one attached hydrogen (secondary N) is 1. The Kier molecular flexibility index (Phi) is 5.97. The van der Waals surface area contributed by atoms with Gasteiger partial charge >= 0.3 is 0 Å². The first-order valence-corrected chi connectivity index (χ1v) is 9.37. The number of piperidine rings is 1. The second kappa shape index (κ2) is 8.42. The molecular weight excluding hydrogens is 359 g/mol. The third-order valence-electron chi connectivity index (χ3n) is 5.22. The lowest BCUT2D eigenvalue weighted by Crippen LogP contribution is -2.51. The van der Waals surface area contributed by atoms with Crippen LogP contribution in [0.1, 0.15) is 35.7 Å². The number of likely N-dealkylation sites (tertiary alicyclic amines) is 1. The Balaban J connectivity index is 1.63. The first-order chi connectivity index (χ1) is 13.4. The summed E-state index contributed by atoms with van der Waals surface area (Å²) in [5, 5.41) is 2.98. The number of amides is 2. The lowest BCUT2D eigenvalue weighted by atomic mass is 9.80. The predicted octanol–water partition coefficient (Wildman–Crippen LogP) is 3.39. The van der Waals surface area contributed by atoms with E-state index in [2.05, 4.69) is 5.32 Å². The van der Waals surface area contributed by atoms with Crippen molar-refractivity contribution in [3.63, 3.8) is 0 Å². The maximum Gasteiger partial charge on any atom is 0.253 e. The van der Waals surface area contributed by atoms with E-state index in [0.717, 1.165) is 17.7 Å². The van der Waals surface area contributed by atoms with Gasteiger partial charge in [0.25, 0.3) is 5.91 Å². The summed E-state index contributed by atoms with van der Waals surface area (Å²) in [6, 6.07) is 13.2. The molecule has 0 spiro atoms. The third kappa shape index (κ3) is 4.50. The van der Waals surface area contributed by atoms with Crippen molar-refractivity contribution in [1.82, 2.24) is 10.2 Å². The van der Waals surface area contributed by atoms with Crippen molar-refractivity contribution in [1.29, 1.82) is 0 Å². The smallest absolute Gasteiger partial charge is 0.253 e. The molecule has 5 nitrogen and oxygen atoms in total. The van der Waals surface area contributed by atoms with Crippen molar-refractivity contribution in [2.75, 3.05) is 20.2 Å². The highest BCUT2D eigenvalue weighted by molar-refractivity contribution is 5.95. The number of benzene rings is 2. The van der Waals surface area contributed by atoms with Crippen LogP contribution in [0.4, 0.5) is 4.39 Å². The molecule has 28 heavy (non-hydrogen) atoms. The summed E-state index contributed by atoms with van der Waals surface area (Å²) in [4.78, 5) is 27.2. The molecular formula is C22H25FN2O3. The van der Waals surface area contributed by atoms with Crippen molar-refractivity contribution in [2.45, 2.75) is 26.3 Å². The number of nitrogens with zero attached hydrogens (tertiary/aromatic N) is 1. The van der Waals surface area contributed by atoms with E-state index in [-0.39, 0.29) is 11.8 Å². The Labute approximate surface area is 164 Å². The zero-order valence-corrected chi connectivity index (χ0v) is 16.2. The van der Waals surface area contributed by atoms with Gasteiger partial charge in [0.15, 0.2) is 0 Å². The van der Waals surface area contributed by atoms with E-state index < -0.39 is 11.2 Å². The van der Waals surface area contributed by atoms with Gasteiger partial charge in [-0.25, -0.2) is 4.39 Å². The normalized spacial score (nSPS) is 19.2. The molecule has 1 aliphatic rings. The van der Waals surface area contributed by atoms with Crippen LogP contribution in [0, 0.1) is 11.2 Å². The molecule has 0 aliphatic carbocycles. The average Bonchev–Trinajstić information content (AvgIpc) is 2.71. The highest BCUT2D eigenvalue weighted by atomic mass is 19.1. The van der Waals surface area contributed by atoms with Crippen LogP contribution in [-0.4, -0.2) is 36.9 Å². The topological polar surface area (TPSA) is 58.6 Å². The van der Waals surface area contributed by atoms with E-state index in [1.54, 1.807) is 18.1 Å².